The lowest BCUT2D eigenvalue weighted by Crippen LogP contribution is -2.39. The van der Waals surface area contributed by atoms with Crippen molar-refractivity contribution in [1.82, 2.24) is 10.3 Å². The van der Waals surface area contributed by atoms with Gasteiger partial charge in [0.05, 0.1) is 28.4 Å². The van der Waals surface area contributed by atoms with E-state index in [0.717, 1.165) is 33.6 Å². The van der Waals surface area contributed by atoms with Crippen molar-refractivity contribution in [3.63, 3.8) is 0 Å². The molecule has 1 aliphatic carbocycles. The number of aromatic nitrogens is 1. The minimum atomic E-state index is -0.378. The van der Waals surface area contributed by atoms with Gasteiger partial charge in [-0.15, -0.1) is 11.3 Å². The third-order valence-electron chi connectivity index (χ3n) is 5.08. The number of hydrogen-bond donors (Lipinski definition) is 1. The van der Waals surface area contributed by atoms with Crippen LogP contribution in [0, 0.1) is 6.92 Å². The molecule has 5 rings (SSSR count). The zero-order valence-corrected chi connectivity index (χ0v) is 15.8. The van der Waals surface area contributed by atoms with Crippen LogP contribution in [0.25, 0.3) is 20.8 Å². The van der Waals surface area contributed by atoms with Crippen LogP contribution in [0.3, 0.4) is 0 Å². The maximum absolute atomic E-state index is 12.6. The predicted octanol–water partition coefficient (Wildman–Crippen LogP) is 3.66. The minimum absolute atomic E-state index is 0.138. The highest BCUT2D eigenvalue weighted by Gasteiger charge is 2.41. The molecule has 2 aliphatic rings. The smallest absolute Gasteiger partial charge is 0.251 e. The van der Waals surface area contributed by atoms with Gasteiger partial charge in [0.1, 0.15) is 5.01 Å². The van der Waals surface area contributed by atoms with E-state index < -0.39 is 0 Å². The standard InChI is InChI=1S/C21H19N3O2S/c1-12-2-9-16-18(10-12)27-20(23-16)13-3-7-15(8-4-13)24-19(25)11-17(21(24)26)22-14-5-6-14/h2-4,7-10,14,17,22H,5-6,11H2,1H3/t17-/m1/s1. The topological polar surface area (TPSA) is 62.3 Å². The summed E-state index contributed by atoms with van der Waals surface area (Å²) in [5.41, 5.74) is 3.83. The van der Waals surface area contributed by atoms with Gasteiger partial charge in [0.25, 0.3) is 5.91 Å². The molecule has 1 saturated heterocycles. The van der Waals surface area contributed by atoms with E-state index in [0.29, 0.717) is 11.7 Å². The van der Waals surface area contributed by atoms with Crippen molar-refractivity contribution in [2.45, 2.75) is 38.3 Å². The molecule has 27 heavy (non-hydrogen) atoms. The second kappa shape index (κ2) is 6.25. The van der Waals surface area contributed by atoms with Gasteiger partial charge in [0, 0.05) is 11.6 Å². The molecule has 2 fully saturated rings. The van der Waals surface area contributed by atoms with Crippen LogP contribution < -0.4 is 10.2 Å². The van der Waals surface area contributed by atoms with Gasteiger partial charge in [0.15, 0.2) is 0 Å². The Morgan fingerprint density at radius 3 is 2.63 bits per heavy atom. The van der Waals surface area contributed by atoms with Crippen LogP contribution >= 0.6 is 11.3 Å². The second-order valence-electron chi connectivity index (χ2n) is 7.30. The molecule has 136 valence electrons. The molecule has 0 unspecified atom stereocenters. The predicted molar refractivity (Wildman–Crippen MR) is 107 cm³/mol. The lowest BCUT2D eigenvalue weighted by Gasteiger charge is -2.15. The summed E-state index contributed by atoms with van der Waals surface area (Å²) in [4.78, 5) is 31.0. The molecule has 2 amide bonds. The normalized spacial score (nSPS) is 20.0. The number of amides is 2. The molecule has 0 radical (unpaired) electrons. The van der Waals surface area contributed by atoms with E-state index in [1.807, 2.05) is 30.3 Å². The van der Waals surface area contributed by atoms with Crippen LogP contribution in [-0.2, 0) is 9.59 Å². The molecule has 1 aliphatic heterocycles. The summed E-state index contributed by atoms with van der Waals surface area (Å²) in [5.74, 6) is -0.281. The number of aryl methyl sites for hydroxylation is 1. The van der Waals surface area contributed by atoms with Crippen LogP contribution in [-0.4, -0.2) is 28.9 Å². The molecule has 1 saturated carbocycles. The third-order valence-corrected chi connectivity index (χ3v) is 6.14. The van der Waals surface area contributed by atoms with Gasteiger partial charge in [-0.2, -0.15) is 0 Å². The molecule has 5 nitrogen and oxygen atoms in total. The summed E-state index contributed by atoms with van der Waals surface area (Å²) in [6.07, 6.45) is 2.43. The third kappa shape index (κ3) is 3.05. The van der Waals surface area contributed by atoms with Gasteiger partial charge in [-0.25, -0.2) is 9.88 Å². The van der Waals surface area contributed by atoms with Gasteiger partial charge >= 0.3 is 0 Å². The molecule has 1 N–H and O–H groups in total. The van der Waals surface area contributed by atoms with E-state index in [4.69, 9.17) is 4.98 Å². The Morgan fingerprint density at radius 1 is 1.11 bits per heavy atom. The van der Waals surface area contributed by atoms with Gasteiger partial charge < -0.3 is 5.32 Å². The Balaban J connectivity index is 1.40. The summed E-state index contributed by atoms with van der Waals surface area (Å²) >= 11 is 1.65. The summed E-state index contributed by atoms with van der Waals surface area (Å²) in [5, 5.41) is 4.21. The Hall–Kier alpha value is -2.57. The zero-order chi connectivity index (χ0) is 18.5. The summed E-state index contributed by atoms with van der Waals surface area (Å²) in [6.45, 7) is 2.07. The summed E-state index contributed by atoms with van der Waals surface area (Å²) < 4.78 is 1.16. The number of hydrogen-bond acceptors (Lipinski definition) is 5. The van der Waals surface area contributed by atoms with Crippen molar-refractivity contribution >= 4 is 39.1 Å². The fourth-order valence-electron chi connectivity index (χ4n) is 3.48. The molecule has 0 bridgehead atoms. The van der Waals surface area contributed by atoms with Crippen LogP contribution in [0.2, 0.25) is 0 Å². The van der Waals surface area contributed by atoms with Gasteiger partial charge in [-0.3, -0.25) is 9.59 Å². The maximum Gasteiger partial charge on any atom is 0.251 e. The van der Waals surface area contributed by atoms with Crippen molar-refractivity contribution in [1.29, 1.82) is 0 Å². The van der Waals surface area contributed by atoms with E-state index >= 15 is 0 Å². The van der Waals surface area contributed by atoms with Crippen LogP contribution in [0.1, 0.15) is 24.8 Å². The van der Waals surface area contributed by atoms with Crippen molar-refractivity contribution in [2.24, 2.45) is 0 Å². The van der Waals surface area contributed by atoms with Gasteiger partial charge in [-0.1, -0.05) is 6.07 Å². The van der Waals surface area contributed by atoms with E-state index in [2.05, 4.69) is 24.4 Å². The Kier molecular flexibility index (Phi) is 3.84. The molecule has 1 aromatic heterocycles. The van der Waals surface area contributed by atoms with Crippen molar-refractivity contribution in [3.05, 3.63) is 48.0 Å². The van der Waals surface area contributed by atoms with Crippen molar-refractivity contribution in [2.75, 3.05) is 4.90 Å². The number of thiazole rings is 1. The number of rotatable bonds is 4. The van der Waals surface area contributed by atoms with Gasteiger partial charge in [-0.05, 0) is 61.7 Å². The SMILES string of the molecule is Cc1ccc2nc(-c3ccc(N4C(=O)C[C@@H](NC5CC5)C4=O)cc3)sc2c1. The van der Waals surface area contributed by atoms with Crippen molar-refractivity contribution in [3.8, 4) is 10.6 Å². The lowest BCUT2D eigenvalue weighted by atomic mass is 10.2. The number of imide groups is 1. The fourth-order valence-corrected chi connectivity index (χ4v) is 4.55. The molecule has 2 aromatic carbocycles. The minimum Gasteiger partial charge on any atom is -0.303 e. The molecule has 2 heterocycles. The largest absolute Gasteiger partial charge is 0.303 e. The van der Waals surface area contributed by atoms with E-state index in [1.165, 1.54) is 10.5 Å². The highest BCUT2D eigenvalue weighted by atomic mass is 32.1. The quantitative estimate of drug-likeness (QED) is 0.705. The number of fused-ring (bicyclic) bond motifs is 1. The molecule has 3 aromatic rings. The average Bonchev–Trinajstić information content (AvgIpc) is 3.30. The fraction of sp³-hybridized carbons (Fsp3) is 0.286. The first-order valence-corrected chi connectivity index (χ1v) is 10.0. The summed E-state index contributed by atoms with van der Waals surface area (Å²) in [6, 6.07) is 13.8. The number of carbonyl (C=O) groups excluding carboxylic acids is 2. The second-order valence-corrected chi connectivity index (χ2v) is 8.33. The Morgan fingerprint density at radius 2 is 1.89 bits per heavy atom. The maximum atomic E-state index is 12.6. The highest BCUT2D eigenvalue weighted by molar-refractivity contribution is 7.21. The molecule has 0 spiro atoms. The van der Waals surface area contributed by atoms with Crippen LogP contribution in [0.5, 0.6) is 0 Å². The molecular weight excluding hydrogens is 358 g/mol. The zero-order valence-electron chi connectivity index (χ0n) is 14.9. The Labute approximate surface area is 161 Å². The number of anilines is 1. The van der Waals surface area contributed by atoms with E-state index in [9.17, 15) is 9.59 Å². The lowest BCUT2D eigenvalue weighted by molar-refractivity contribution is -0.121. The first kappa shape index (κ1) is 16.6. The molecular formula is C21H19N3O2S. The number of nitrogens with zero attached hydrogens (tertiary/aromatic N) is 2. The Bertz CT molecular complexity index is 1050. The molecule has 6 heteroatoms. The van der Waals surface area contributed by atoms with E-state index in [1.54, 1.807) is 11.3 Å². The number of benzene rings is 2. The first-order valence-electron chi connectivity index (χ1n) is 9.19. The average molecular weight is 377 g/mol. The van der Waals surface area contributed by atoms with Crippen LogP contribution in [0.15, 0.2) is 42.5 Å². The molecule has 1 atom stereocenters. The summed E-state index contributed by atoms with van der Waals surface area (Å²) in [7, 11) is 0. The monoisotopic (exact) mass is 377 g/mol. The van der Waals surface area contributed by atoms with Crippen LogP contribution in [0.4, 0.5) is 5.69 Å². The van der Waals surface area contributed by atoms with Crippen molar-refractivity contribution < 1.29 is 9.59 Å². The van der Waals surface area contributed by atoms with E-state index in [-0.39, 0.29) is 24.3 Å². The number of nitrogens with one attached hydrogen (secondary N) is 1. The highest BCUT2D eigenvalue weighted by Crippen LogP contribution is 2.33. The number of carbonyl (C=O) groups is 2. The first-order chi connectivity index (χ1) is 13.1. The van der Waals surface area contributed by atoms with Gasteiger partial charge in [0.2, 0.25) is 5.91 Å².